The Morgan fingerprint density at radius 3 is 2.29 bits per heavy atom. The van der Waals surface area contributed by atoms with Gasteiger partial charge in [-0.1, -0.05) is 19.3 Å². The average molecular weight is 243 g/mol. The molecule has 0 spiro atoms. The van der Waals surface area contributed by atoms with Crippen molar-refractivity contribution in [3.05, 3.63) is 0 Å². The molecule has 2 unspecified atom stereocenters. The summed E-state index contributed by atoms with van der Waals surface area (Å²) in [6, 6.07) is 0.593. The highest BCUT2D eigenvalue weighted by Crippen LogP contribution is 2.27. The summed E-state index contributed by atoms with van der Waals surface area (Å²) in [4.78, 5) is 2.60. The molecule has 0 aromatic rings. The molecule has 1 aliphatic heterocycles. The minimum atomic E-state index is -0.0393. The molecule has 2 aliphatic rings. The highest BCUT2D eigenvalue weighted by atomic mass is 16.3. The smallest absolute Gasteiger partial charge is 0.0567 e. The summed E-state index contributed by atoms with van der Waals surface area (Å²) in [5.41, 5.74) is 0. The van der Waals surface area contributed by atoms with Crippen LogP contribution >= 0.6 is 0 Å². The van der Waals surface area contributed by atoms with Crippen LogP contribution in [0.5, 0.6) is 0 Å². The maximum absolute atomic E-state index is 9.58. The molecule has 1 saturated carbocycles. The summed E-state index contributed by atoms with van der Waals surface area (Å²) in [5, 5.41) is 16.6. The van der Waals surface area contributed by atoms with Gasteiger partial charge in [-0.15, -0.1) is 0 Å². The second-order valence-corrected chi connectivity index (χ2v) is 5.53. The predicted octanol–water partition coefficient (Wildman–Crippen LogP) is 2.02. The van der Waals surface area contributed by atoms with Gasteiger partial charge in [0.2, 0.25) is 0 Å². The fourth-order valence-electron chi connectivity index (χ4n) is 3.17. The van der Waals surface area contributed by atoms with E-state index >= 15 is 0 Å². The van der Waals surface area contributed by atoms with E-state index < -0.39 is 0 Å². The molecule has 3 heteroatoms. The lowest BCUT2D eigenvalue weighted by Gasteiger charge is -2.38. The standard InChI is InChI=1S/C13H25NO.CH4O/c1-11-9-13(15)7-8-14(11)10-12-5-3-2-4-6-12;1-2/h11-13,15H,2-10H2,1H3;2H,1H3. The molecule has 0 aromatic carbocycles. The van der Waals surface area contributed by atoms with Crippen LogP contribution in [-0.2, 0) is 0 Å². The Morgan fingerprint density at radius 1 is 1.06 bits per heavy atom. The third kappa shape index (κ3) is 4.94. The van der Waals surface area contributed by atoms with E-state index in [9.17, 15) is 5.11 Å². The number of hydrogen-bond donors (Lipinski definition) is 2. The van der Waals surface area contributed by atoms with Crippen LogP contribution < -0.4 is 0 Å². The molecular weight excluding hydrogens is 214 g/mol. The molecule has 0 amide bonds. The van der Waals surface area contributed by atoms with Crippen molar-refractivity contribution >= 4 is 0 Å². The molecular formula is C14H29NO2. The van der Waals surface area contributed by atoms with Gasteiger partial charge in [0.25, 0.3) is 0 Å². The van der Waals surface area contributed by atoms with E-state index in [4.69, 9.17) is 5.11 Å². The fraction of sp³-hybridized carbons (Fsp3) is 1.00. The van der Waals surface area contributed by atoms with Crippen molar-refractivity contribution in [3.63, 3.8) is 0 Å². The van der Waals surface area contributed by atoms with E-state index in [1.807, 2.05) is 0 Å². The average Bonchev–Trinajstić information content (AvgIpc) is 2.37. The van der Waals surface area contributed by atoms with Crippen LogP contribution in [0.2, 0.25) is 0 Å². The quantitative estimate of drug-likeness (QED) is 0.780. The molecule has 102 valence electrons. The summed E-state index contributed by atoms with van der Waals surface area (Å²) in [6.45, 7) is 4.66. The Morgan fingerprint density at radius 2 is 1.71 bits per heavy atom. The SMILES string of the molecule is CC1CC(O)CCN1CC1CCCCC1.CO. The zero-order valence-electron chi connectivity index (χ0n) is 11.4. The van der Waals surface area contributed by atoms with E-state index in [1.54, 1.807) is 0 Å². The first kappa shape index (κ1) is 14.9. The van der Waals surface area contributed by atoms with Gasteiger partial charge in [-0.3, -0.25) is 0 Å². The number of aliphatic hydroxyl groups is 2. The molecule has 0 aromatic heterocycles. The van der Waals surface area contributed by atoms with E-state index in [0.717, 1.165) is 32.4 Å². The first-order valence-corrected chi connectivity index (χ1v) is 7.12. The van der Waals surface area contributed by atoms with Gasteiger partial charge < -0.3 is 15.1 Å². The van der Waals surface area contributed by atoms with Crippen molar-refractivity contribution < 1.29 is 10.2 Å². The van der Waals surface area contributed by atoms with Crippen molar-refractivity contribution in [1.82, 2.24) is 4.90 Å². The van der Waals surface area contributed by atoms with Crippen molar-refractivity contribution in [1.29, 1.82) is 0 Å². The molecule has 0 radical (unpaired) electrons. The number of nitrogens with zero attached hydrogens (tertiary/aromatic N) is 1. The molecule has 17 heavy (non-hydrogen) atoms. The second-order valence-electron chi connectivity index (χ2n) is 5.53. The highest BCUT2D eigenvalue weighted by molar-refractivity contribution is 4.80. The van der Waals surface area contributed by atoms with Gasteiger partial charge in [-0.05, 0) is 38.5 Å². The lowest BCUT2D eigenvalue weighted by molar-refractivity contribution is 0.0365. The third-order valence-electron chi connectivity index (χ3n) is 4.20. The molecule has 3 nitrogen and oxygen atoms in total. The summed E-state index contributed by atoms with van der Waals surface area (Å²) in [6.07, 6.45) is 9.12. The topological polar surface area (TPSA) is 43.7 Å². The van der Waals surface area contributed by atoms with Crippen molar-refractivity contribution in [2.75, 3.05) is 20.2 Å². The molecule has 2 atom stereocenters. The van der Waals surface area contributed by atoms with Crippen LogP contribution in [-0.4, -0.2) is 47.5 Å². The van der Waals surface area contributed by atoms with Gasteiger partial charge in [0.1, 0.15) is 0 Å². The molecule has 2 rings (SSSR count). The molecule has 0 bridgehead atoms. The second kappa shape index (κ2) is 8.06. The summed E-state index contributed by atoms with van der Waals surface area (Å²) < 4.78 is 0. The molecule has 1 saturated heterocycles. The molecule has 1 heterocycles. The van der Waals surface area contributed by atoms with E-state index in [0.29, 0.717) is 6.04 Å². The zero-order valence-corrected chi connectivity index (χ0v) is 11.4. The van der Waals surface area contributed by atoms with Gasteiger partial charge in [0.05, 0.1) is 6.10 Å². The van der Waals surface area contributed by atoms with Crippen LogP contribution in [0.25, 0.3) is 0 Å². The Kier molecular flexibility index (Phi) is 7.09. The van der Waals surface area contributed by atoms with Gasteiger partial charge in [0, 0.05) is 26.2 Å². The first-order valence-electron chi connectivity index (χ1n) is 7.12. The summed E-state index contributed by atoms with van der Waals surface area (Å²) >= 11 is 0. The largest absolute Gasteiger partial charge is 0.400 e. The van der Waals surface area contributed by atoms with Crippen LogP contribution in [0, 0.1) is 5.92 Å². The number of piperidine rings is 1. The monoisotopic (exact) mass is 243 g/mol. The molecule has 1 aliphatic carbocycles. The molecule has 2 fully saturated rings. The third-order valence-corrected chi connectivity index (χ3v) is 4.20. The normalized spacial score (nSPS) is 31.8. The molecule has 2 N–H and O–H groups in total. The van der Waals surface area contributed by atoms with Crippen molar-refractivity contribution in [2.24, 2.45) is 5.92 Å². The first-order chi connectivity index (χ1) is 8.25. The number of likely N-dealkylation sites (tertiary alicyclic amines) is 1. The maximum Gasteiger partial charge on any atom is 0.0567 e. The lowest BCUT2D eigenvalue weighted by Crippen LogP contribution is -2.45. The Hall–Kier alpha value is -0.120. The van der Waals surface area contributed by atoms with E-state index in [2.05, 4.69) is 11.8 Å². The van der Waals surface area contributed by atoms with Crippen molar-refractivity contribution in [3.8, 4) is 0 Å². The number of aliphatic hydroxyl groups excluding tert-OH is 2. The highest BCUT2D eigenvalue weighted by Gasteiger charge is 2.26. The lowest BCUT2D eigenvalue weighted by atomic mass is 9.88. The van der Waals surface area contributed by atoms with Gasteiger partial charge in [0.15, 0.2) is 0 Å². The zero-order chi connectivity index (χ0) is 12.7. The maximum atomic E-state index is 9.58. The predicted molar refractivity (Wildman–Crippen MR) is 71.0 cm³/mol. The minimum absolute atomic E-state index is 0.0393. The van der Waals surface area contributed by atoms with Crippen molar-refractivity contribution in [2.45, 2.75) is 64.0 Å². The van der Waals surface area contributed by atoms with Gasteiger partial charge >= 0.3 is 0 Å². The number of rotatable bonds is 2. The van der Waals surface area contributed by atoms with Crippen LogP contribution in [0.15, 0.2) is 0 Å². The minimum Gasteiger partial charge on any atom is -0.400 e. The number of hydrogen-bond acceptors (Lipinski definition) is 3. The van der Waals surface area contributed by atoms with Crippen LogP contribution in [0.1, 0.15) is 51.9 Å². The van der Waals surface area contributed by atoms with Crippen LogP contribution in [0.3, 0.4) is 0 Å². The summed E-state index contributed by atoms with van der Waals surface area (Å²) in [7, 11) is 1.00. The van der Waals surface area contributed by atoms with E-state index in [1.165, 1.54) is 38.6 Å². The van der Waals surface area contributed by atoms with Gasteiger partial charge in [-0.2, -0.15) is 0 Å². The Balaban J connectivity index is 0.000000686. The van der Waals surface area contributed by atoms with Crippen LogP contribution in [0.4, 0.5) is 0 Å². The Bertz CT molecular complexity index is 193. The Labute approximate surface area is 106 Å². The fourth-order valence-corrected chi connectivity index (χ4v) is 3.17. The van der Waals surface area contributed by atoms with Gasteiger partial charge in [-0.25, -0.2) is 0 Å². The summed E-state index contributed by atoms with van der Waals surface area (Å²) in [5.74, 6) is 0.941. The van der Waals surface area contributed by atoms with E-state index in [-0.39, 0.29) is 6.10 Å².